The molecule has 0 aliphatic carbocycles. The molecule has 2 amide bonds. The largest absolute Gasteiger partial charge is 0.396 e. The van der Waals surface area contributed by atoms with E-state index in [9.17, 15) is 9.59 Å². The van der Waals surface area contributed by atoms with Crippen LogP contribution in [-0.2, 0) is 9.59 Å². The molecule has 1 aliphatic rings. The van der Waals surface area contributed by atoms with Crippen LogP contribution in [0.15, 0.2) is 30.5 Å². The number of aromatic nitrogens is 1. The van der Waals surface area contributed by atoms with Crippen molar-refractivity contribution in [1.82, 2.24) is 9.88 Å². The van der Waals surface area contributed by atoms with E-state index in [1.165, 1.54) is 7.05 Å². The van der Waals surface area contributed by atoms with Gasteiger partial charge in [0.15, 0.2) is 0 Å². The van der Waals surface area contributed by atoms with Gasteiger partial charge in [0, 0.05) is 12.4 Å². The van der Waals surface area contributed by atoms with Crippen molar-refractivity contribution in [2.45, 2.75) is 12.5 Å². The number of para-hydroxylation sites is 1. The van der Waals surface area contributed by atoms with Gasteiger partial charge < -0.3 is 11.1 Å². The molecule has 0 radical (unpaired) electrons. The van der Waals surface area contributed by atoms with E-state index in [1.807, 2.05) is 24.3 Å². The molecule has 1 aromatic heterocycles. The first-order valence-corrected chi connectivity index (χ1v) is 6.28. The minimum absolute atomic E-state index is 0.144. The number of pyridine rings is 1. The van der Waals surface area contributed by atoms with Crippen LogP contribution in [0.3, 0.4) is 0 Å². The van der Waals surface area contributed by atoms with Crippen molar-refractivity contribution < 1.29 is 9.59 Å². The van der Waals surface area contributed by atoms with Crippen LogP contribution in [0.25, 0.3) is 10.9 Å². The standard InChI is InChI=1S/C14H14N4O2/c1-18-12(19)6-11(14(18)20)17-13-8-4-2-3-5-10(8)16-7-9(13)15/h2-5,7,11H,6,15H2,1H3,(H,16,17). The highest BCUT2D eigenvalue weighted by molar-refractivity contribution is 6.08. The van der Waals surface area contributed by atoms with Gasteiger partial charge in [-0.2, -0.15) is 0 Å². The minimum atomic E-state index is -0.569. The van der Waals surface area contributed by atoms with Gasteiger partial charge in [-0.05, 0) is 6.07 Å². The molecule has 6 heteroatoms. The van der Waals surface area contributed by atoms with Crippen molar-refractivity contribution >= 4 is 34.1 Å². The Balaban J connectivity index is 2.01. The van der Waals surface area contributed by atoms with Gasteiger partial charge in [-0.15, -0.1) is 0 Å². The molecule has 1 fully saturated rings. The van der Waals surface area contributed by atoms with Crippen LogP contribution in [0.2, 0.25) is 0 Å². The third-order valence-electron chi connectivity index (χ3n) is 3.50. The van der Waals surface area contributed by atoms with Crippen molar-refractivity contribution in [2.75, 3.05) is 18.1 Å². The first-order chi connectivity index (χ1) is 9.58. The molecule has 20 heavy (non-hydrogen) atoms. The number of hydrogen-bond donors (Lipinski definition) is 2. The average Bonchev–Trinajstić information content (AvgIpc) is 2.69. The number of nitrogens with zero attached hydrogens (tertiary/aromatic N) is 2. The number of carbonyl (C=O) groups excluding carboxylic acids is 2. The molecule has 0 bridgehead atoms. The van der Waals surface area contributed by atoms with Gasteiger partial charge in [-0.25, -0.2) is 0 Å². The second-order valence-corrected chi connectivity index (χ2v) is 4.80. The smallest absolute Gasteiger partial charge is 0.251 e. The Morgan fingerprint density at radius 1 is 1.35 bits per heavy atom. The molecule has 0 spiro atoms. The zero-order valence-electron chi connectivity index (χ0n) is 11.0. The van der Waals surface area contributed by atoms with Gasteiger partial charge in [0.25, 0.3) is 5.91 Å². The molecular formula is C14H14N4O2. The first-order valence-electron chi connectivity index (χ1n) is 6.28. The van der Waals surface area contributed by atoms with Gasteiger partial charge in [0.2, 0.25) is 5.91 Å². The monoisotopic (exact) mass is 270 g/mol. The second-order valence-electron chi connectivity index (χ2n) is 4.80. The van der Waals surface area contributed by atoms with E-state index in [1.54, 1.807) is 6.20 Å². The molecule has 0 saturated carbocycles. The molecule has 102 valence electrons. The number of carbonyl (C=O) groups is 2. The molecule has 2 heterocycles. The van der Waals surface area contributed by atoms with Gasteiger partial charge >= 0.3 is 0 Å². The van der Waals surface area contributed by atoms with E-state index in [-0.39, 0.29) is 18.2 Å². The summed E-state index contributed by atoms with van der Waals surface area (Å²) in [7, 11) is 1.49. The minimum Gasteiger partial charge on any atom is -0.396 e. The number of likely N-dealkylation sites (N-methyl/N-ethyl adjacent to an activating group) is 1. The number of fused-ring (bicyclic) bond motifs is 1. The van der Waals surface area contributed by atoms with Crippen molar-refractivity contribution in [3.63, 3.8) is 0 Å². The van der Waals surface area contributed by atoms with Crippen LogP contribution in [0.4, 0.5) is 11.4 Å². The Kier molecular flexibility index (Phi) is 2.78. The summed E-state index contributed by atoms with van der Waals surface area (Å²) in [5.41, 5.74) is 7.84. The summed E-state index contributed by atoms with van der Waals surface area (Å²) in [4.78, 5) is 28.9. The van der Waals surface area contributed by atoms with E-state index in [0.717, 1.165) is 15.8 Å². The van der Waals surface area contributed by atoms with Crippen LogP contribution < -0.4 is 11.1 Å². The van der Waals surface area contributed by atoms with Gasteiger partial charge in [0.1, 0.15) is 6.04 Å². The van der Waals surface area contributed by atoms with Crippen molar-refractivity contribution in [2.24, 2.45) is 0 Å². The summed E-state index contributed by atoms with van der Waals surface area (Å²) in [6, 6.07) is 6.94. The molecule has 1 aromatic carbocycles. The number of nitrogen functional groups attached to an aromatic ring is 1. The van der Waals surface area contributed by atoms with Crippen molar-refractivity contribution in [3.8, 4) is 0 Å². The summed E-state index contributed by atoms with van der Waals surface area (Å²) in [5.74, 6) is -0.431. The van der Waals surface area contributed by atoms with Crippen LogP contribution >= 0.6 is 0 Å². The lowest BCUT2D eigenvalue weighted by molar-refractivity contribution is -0.136. The van der Waals surface area contributed by atoms with Crippen LogP contribution in [0.5, 0.6) is 0 Å². The van der Waals surface area contributed by atoms with Gasteiger partial charge in [0.05, 0.1) is 29.5 Å². The highest BCUT2D eigenvalue weighted by Gasteiger charge is 2.36. The maximum atomic E-state index is 12.0. The fourth-order valence-electron chi connectivity index (χ4n) is 2.36. The lowest BCUT2D eigenvalue weighted by Crippen LogP contribution is -2.32. The molecule has 6 nitrogen and oxygen atoms in total. The Morgan fingerprint density at radius 3 is 2.80 bits per heavy atom. The molecular weight excluding hydrogens is 256 g/mol. The summed E-state index contributed by atoms with van der Waals surface area (Å²) >= 11 is 0. The van der Waals surface area contributed by atoms with Gasteiger partial charge in [-0.3, -0.25) is 19.5 Å². The third kappa shape index (κ3) is 1.85. The summed E-state index contributed by atoms with van der Waals surface area (Å²) in [6.45, 7) is 0. The maximum absolute atomic E-state index is 12.0. The number of amides is 2. The highest BCUT2D eigenvalue weighted by Crippen LogP contribution is 2.29. The third-order valence-corrected chi connectivity index (χ3v) is 3.50. The van der Waals surface area contributed by atoms with Crippen LogP contribution in [-0.4, -0.2) is 34.8 Å². The number of nitrogens with two attached hydrogens (primary N) is 1. The Bertz CT molecular complexity index is 713. The van der Waals surface area contributed by atoms with Crippen LogP contribution in [0.1, 0.15) is 6.42 Å². The van der Waals surface area contributed by atoms with E-state index < -0.39 is 6.04 Å². The lowest BCUT2D eigenvalue weighted by atomic mass is 10.1. The predicted octanol–water partition coefficient (Wildman–Crippen LogP) is 0.986. The fourth-order valence-corrected chi connectivity index (χ4v) is 2.36. The molecule has 1 saturated heterocycles. The number of nitrogens with one attached hydrogen (secondary N) is 1. The first kappa shape index (κ1) is 12.4. The number of rotatable bonds is 2. The number of benzene rings is 1. The summed E-state index contributed by atoms with van der Waals surface area (Å²) in [5, 5.41) is 3.92. The molecule has 1 atom stereocenters. The fraction of sp³-hybridized carbons (Fsp3) is 0.214. The zero-order valence-corrected chi connectivity index (χ0v) is 11.0. The number of likely N-dealkylation sites (tertiary alicyclic amines) is 1. The van der Waals surface area contributed by atoms with E-state index in [2.05, 4.69) is 10.3 Å². The Labute approximate surface area is 115 Å². The lowest BCUT2D eigenvalue weighted by Gasteiger charge is -2.16. The molecule has 1 aliphatic heterocycles. The zero-order chi connectivity index (χ0) is 14.3. The average molecular weight is 270 g/mol. The summed E-state index contributed by atoms with van der Waals surface area (Å²) < 4.78 is 0. The number of imide groups is 1. The second kappa shape index (κ2) is 4.48. The Hall–Kier alpha value is -2.63. The quantitative estimate of drug-likeness (QED) is 0.794. The van der Waals surface area contributed by atoms with E-state index in [0.29, 0.717) is 11.4 Å². The number of anilines is 2. The number of hydrogen-bond acceptors (Lipinski definition) is 5. The Morgan fingerprint density at radius 2 is 2.10 bits per heavy atom. The van der Waals surface area contributed by atoms with Crippen molar-refractivity contribution in [1.29, 1.82) is 0 Å². The molecule has 1 unspecified atom stereocenters. The predicted molar refractivity (Wildman–Crippen MR) is 76.0 cm³/mol. The maximum Gasteiger partial charge on any atom is 0.251 e. The van der Waals surface area contributed by atoms with Gasteiger partial charge in [-0.1, -0.05) is 18.2 Å². The van der Waals surface area contributed by atoms with E-state index in [4.69, 9.17) is 5.73 Å². The van der Waals surface area contributed by atoms with Crippen molar-refractivity contribution in [3.05, 3.63) is 30.5 Å². The normalized spacial score (nSPS) is 18.9. The summed E-state index contributed by atoms with van der Waals surface area (Å²) in [6.07, 6.45) is 1.70. The highest BCUT2D eigenvalue weighted by atomic mass is 16.2. The molecule has 2 aromatic rings. The molecule has 3 rings (SSSR count). The molecule has 3 N–H and O–H groups in total. The topological polar surface area (TPSA) is 88.3 Å². The van der Waals surface area contributed by atoms with E-state index >= 15 is 0 Å². The SMILES string of the molecule is CN1C(=O)CC(Nc2c(N)cnc3ccccc23)C1=O. The van der Waals surface area contributed by atoms with Crippen LogP contribution in [0, 0.1) is 0 Å².